The smallest absolute Gasteiger partial charge is 0.107 e. The van der Waals surface area contributed by atoms with E-state index in [1.165, 1.54) is 0 Å². The van der Waals surface area contributed by atoms with E-state index < -0.39 is 6.10 Å². The first-order valence-electron chi connectivity index (χ1n) is 5.66. The summed E-state index contributed by atoms with van der Waals surface area (Å²) in [6.07, 6.45) is 2.15. The number of aliphatic hydroxyl groups is 1. The fraction of sp³-hybridized carbons (Fsp3) is 0.538. The second-order valence-electron chi connectivity index (χ2n) is 3.88. The lowest BCUT2D eigenvalue weighted by molar-refractivity contribution is -0.0186. The summed E-state index contributed by atoms with van der Waals surface area (Å²) in [5.41, 5.74) is 0.743. The number of hydrogen-bond donors (Lipinski definition) is 1. The molecule has 0 spiro atoms. The van der Waals surface area contributed by atoms with Gasteiger partial charge in [0, 0.05) is 17.7 Å². The highest BCUT2D eigenvalue weighted by molar-refractivity contribution is 6.31. The highest BCUT2D eigenvalue weighted by Crippen LogP contribution is 2.28. The molecule has 1 rings (SSSR count). The molecule has 3 heteroatoms. The van der Waals surface area contributed by atoms with Crippen LogP contribution in [0, 0.1) is 0 Å². The minimum absolute atomic E-state index is 0.181. The molecule has 1 N–H and O–H groups in total. The zero-order valence-corrected chi connectivity index (χ0v) is 10.6. The summed E-state index contributed by atoms with van der Waals surface area (Å²) < 4.78 is 5.31. The predicted octanol–water partition coefficient (Wildman–Crippen LogP) is 3.58. The molecule has 0 bridgehead atoms. The first-order valence-corrected chi connectivity index (χ1v) is 6.03. The molecule has 1 aromatic rings. The molecule has 0 fully saturated rings. The summed E-state index contributed by atoms with van der Waals surface area (Å²) in [5.74, 6) is 0. The number of hydrogen-bond acceptors (Lipinski definition) is 2. The van der Waals surface area contributed by atoms with Gasteiger partial charge in [0.15, 0.2) is 0 Å². The number of methoxy groups -OCH3 is 1. The van der Waals surface area contributed by atoms with E-state index in [0.29, 0.717) is 5.02 Å². The summed E-state index contributed by atoms with van der Waals surface area (Å²) in [5, 5.41) is 10.8. The van der Waals surface area contributed by atoms with E-state index in [4.69, 9.17) is 16.3 Å². The van der Waals surface area contributed by atoms with Gasteiger partial charge < -0.3 is 9.84 Å². The van der Waals surface area contributed by atoms with Crippen LogP contribution in [-0.2, 0) is 4.74 Å². The van der Waals surface area contributed by atoms with Gasteiger partial charge in [-0.25, -0.2) is 0 Å². The molecule has 0 saturated heterocycles. The highest BCUT2D eigenvalue weighted by Gasteiger charge is 2.21. The highest BCUT2D eigenvalue weighted by atomic mass is 35.5. The van der Waals surface area contributed by atoms with Gasteiger partial charge in [0.25, 0.3) is 0 Å². The molecule has 0 radical (unpaired) electrons. The molecule has 0 aliphatic carbocycles. The zero-order chi connectivity index (χ0) is 12.0. The lowest BCUT2D eigenvalue weighted by atomic mass is 10.00. The van der Waals surface area contributed by atoms with Gasteiger partial charge in [-0.05, 0) is 12.5 Å². The molecule has 0 aliphatic heterocycles. The Hall–Kier alpha value is -0.570. The second-order valence-corrected chi connectivity index (χ2v) is 4.29. The van der Waals surface area contributed by atoms with Crippen molar-refractivity contribution in [3.8, 4) is 0 Å². The van der Waals surface area contributed by atoms with Crippen LogP contribution in [0.3, 0.4) is 0 Å². The monoisotopic (exact) mass is 242 g/mol. The third kappa shape index (κ3) is 3.48. The summed E-state index contributed by atoms with van der Waals surface area (Å²) in [6.45, 7) is 2.12. The molecule has 0 aliphatic rings. The minimum atomic E-state index is -0.648. The quantitative estimate of drug-likeness (QED) is 0.826. The van der Waals surface area contributed by atoms with Crippen molar-refractivity contribution in [3.05, 3.63) is 34.9 Å². The Morgan fingerprint density at radius 1 is 1.38 bits per heavy atom. The third-order valence-electron chi connectivity index (χ3n) is 2.72. The molecule has 2 unspecified atom stereocenters. The van der Waals surface area contributed by atoms with Crippen molar-refractivity contribution in [2.24, 2.45) is 0 Å². The van der Waals surface area contributed by atoms with E-state index in [2.05, 4.69) is 6.92 Å². The van der Waals surface area contributed by atoms with Crippen LogP contribution in [-0.4, -0.2) is 18.3 Å². The summed E-state index contributed by atoms with van der Waals surface area (Å²) >= 11 is 6.04. The van der Waals surface area contributed by atoms with Crippen LogP contribution in [0.4, 0.5) is 0 Å². The SMILES string of the molecule is CCCCC(OC)C(O)c1ccccc1Cl. The van der Waals surface area contributed by atoms with E-state index in [-0.39, 0.29) is 6.10 Å². The molecule has 0 amide bonds. The van der Waals surface area contributed by atoms with E-state index in [9.17, 15) is 5.11 Å². The number of ether oxygens (including phenoxy) is 1. The fourth-order valence-corrected chi connectivity index (χ4v) is 1.97. The van der Waals surface area contributed by atoms with E-state index in [1.807, 2.05) is 18.2 Å². The first-order chi connectivity index (χ1) is 7.70. The van der Waals surface area contributed by atoms with Crippen LogP contribution >= 0.6 is 11.6 Å². The van der Waals surface area contributed by atoms with Gasteiger partial charge in [-0.15, -0.1) is 0 Å². The van der Waals surface area contributed by atoms with Crippen molar-refractivity contribution in [1.29, 1.82) is 0 Å². The normalized spacial score (nSPS) is 14.8. The van der Waals surface area contributed by atoms with Gasteiger partial charge in [0.1, 0.15) is 6.10 Å². The Bertz CT molecular complexity index is 315. The number of rotatable bonds is 6. The van der Waals surface area contributed by atoms with Gasteiger partial charge in [0.2, 0.25) is 0 Å². The van der Waals surface area contributed by atoms with Crippen LogP contribution in [0.5, 0.6) is 0 Å². The van der Waals surface area contributed by atoms with Crippen molar-refractivity contribution >= 4 is 11.6 Å². The molecule has 0 aromatic heterocycles. The van der Waals surface area contributed by atoms with Gasteiger partial charge in [-0.2, -0.15) is 0 Å². The van der Waals surface area contributed by atoms with Crippen LogP contribution < -0.4 is 0 Å². The average Bonchev–Trinajstić information content (AvgIpc) is 2.30. The third-order valence-corrected chi connectivity index (χ3v) is 3.07. The molecule has 2 nitrogen and oxygen atoms in total. The Balaban J connectivity index is 2.74. The molecular formula is C13H19ClO2. The predicted molar refractivity (Wildman–Crippen MR) is 66.7 cm³/mol. The van der Waals surface area contributed by atoms with Gasteiger partial charge in [0.05, 0.1) is 6.10 Å². The molecule has 2 atom stereocenters. The largest absolute Gasteiger partial charge is 0.386 e. The summed E-state index contributed by atoms with van der Waals surface area (Å²) in [7, 11) is 1.63. The lowest BCUT2D eigenvalue weighted by Gasteiger charge is -2.22. The minimum Gasteiger partial charge on any atom is -0.386 e. The summed E-state index contributed by atoms with van der Waals surface area (Å²) in [4.78, 5) is 0. The van der Waals surface area contributed by atoms with Crippen LogP contribution in [0.15, 0.2) is 24.3 Å². The standard InChI is InChI=1S/C13H19ClO2/c1-3-4-9-12(16-2)13(15)10-7-5-6-8-11(10)14/h5-8,12-13,15H,3-4,9H2,1-2H3. The number of aliphatic hydroxyl groups excluding tert-OH is 1. The van der Waals surface area contributed by atoms with Gasteiger partial charge in [-0.3, -0.25) is 0 Å². The van der Waals surface area contributed by atoms with Crippen molar-refractivity contribution in [1.82, 2.24) is 0 Å². The van der Waals surface area contributed by atoms with E-state index >= 15 is 0 Å². The Morgan fingerprint density at radius 3 is 2.62 bits per heavy atom. The number of benzene rings is 1. The molecule has 90 valence electrons. The van der Waals surface area contributed by atoms with Gasteiger partial charge >= 0.3 is 0 Å². The molecule has 16 heavy (non-hydrogen) atoms. The Morgan fingerprint density at radius 2 is 2.06 bits per heavy atom. The van der Waals surface area contributed by atoms with Crippen molar-refractivity contribution in [2.45, 2.75) is 38.4 Å². The summed E-state index contributed by atoms with van der Waals surface area (Å²) in [6, 6.07) is 7.35. The maximum atomic E-state index is 10.2. The number of halogens is 1. The van der Waals surface area contributed by atoms with Crippen molar-refractivity contribution in [3.63, 3.8) is 0 Å². The van der Waals surface area contributed by atoms with Crippen molar-refractivity contribution in [2.75, 3.05) is 7.11 Å². The molecule has 0 saturated carbocycles. The maximum absolute atomic E-state index is 10.2. The van der Waals surface area contributed by atoms with E-state index in [0.717, 1.165) is 24.8 Å². The molecule has 1 aromatic carbocycles. The van der Waals surface area contributed by atoms with Crippen LogP contribution in [0.2, 0.25) is 5.02 Å². The van der Waals surface area contributed by atoms with Crippen LogP contribution in [0.1, 0.15) is 37.9 Å². The molecule has 0 heterocycles. The molecular weight excluding hydrogens is 224 g/mol. The average molecular weight is 243 g/mol. The maximum Gasteiger partial charge on any atom is 0.107 e. The zero-order valence-electron chi connectivity index (χ0n) is 9.82. The van der Waals surface area contributed by atoms with Crippen LogP contribution in [0.25, 0.3) is 0 Å². The first kappa shape index (κ1) is 13.5. The topological polar surface area (TPSA) is 29.5 Å². The van der Waals surface area contributed by atoms with Crippen molar-refractivity contribution < 1.29 is 9.84 Å². The number of unbranched alkanes of at least 4 members (excludes halogenated alkanes) is 1. The Labute approximate surface area is 102 Å². The van der Waals surface area contributed by atoms with Gasteiger partial charge in [-0.1, -0.05) is 49.6 Å². The Kier molecular flexibility index (Phi) is 5.81. The lowest BCUT2D eigenvalue weighted by Crippen LogP contribution is -2.21. The second kappa shape index (κ2) is 6.89. The van der Waals surface area contributed by atoms with E-state index in [1.54, 1.807) is 13.2 Å². The fourth-order valence-electron chi connectivity index (χ4n) is 1.73.